The van der Waals surface area contributed by atoms with Crippen molar-refractivity contribution in [3.63, 3.8) is 0 Å². The zero-order chi connectivity index (χ0) is 10.5. The van der Waals surface area contributed by atoms with Gasteiger partial charge >= 0.3 is 64.4 Å². The van der Waals surface area contributed by atoms with Crippen LogP contribution in [-0.4, -0.2) is 43.8 Å². The van der Waals surface area contributed by atoms with E-state index in [0.717, 1.165) is 0 Å². The summed E-state index contributed by atoms with van der Waals surface area (Å²) in [7, 11) is 1.67. The van der Waals surface area contributed by atoms with Crippen molar-refractivity contribution in [3.05, 3.63) is 5.32 Å². The van der Waals surface area contributed by atoms with E-state index in [-0.39, 0.29) is 64.7 Å². The Hall–Kier alpha value is 1.52. The topological polar surface area (TPSA) is 17.3 Å². The van der Waals surface area contributed by atoms with Gasteiger partial charge in [-0.1, -0.05) is 13.8 Å². The molecule has 1 aliphatic rings. The Balaban J connectivity index is 0. The molecule has 0 aliphatic carbocycles. The normalized spacial score (nSPS) is 23.1. The molecule has 0 aromatic heterocycles. The van der Waals surface area contributed by atoms with Gasteiger partial charge in [-0.3, -0.25) is 0 Å². The smallest absolute Gasteiger partial charge is 0.650 e. The molecule has 0 saturated carbocycles. The zero-order valence-corrected chi connectivity index (χ0v) is 14.1. The van der Waals surface area contributed by atoms with Crippen LogP contribution < -0.4 is 58.2 Å². The maximum absolute atomic E-state index is 12.0. The van der Waals surface area contributed by atoms with Gasteiger partial charge in [0.2, 0.25) is 0 Å². The Bertz CT molecular complexity index is 141. The molecule has 1 atom stereocenters. The van der Waals surface area contributed by atoms with Crippen LogP contribution in [0.3, 0.4) is 0 Å². The number of piperazine rings is 1. The summed E-state index contributed by atoms with van der Waals surface area (Å²) in [6, 6.07) is -1.47. The van der Waals surface area contributed by atoms with Gasteiger partial charge in [0, 0.05) is 0 Å². The molecule has 6 heteroatoms. The van der Waals surface area contributed by atoms with Crippen LogP contribution in [0.2, 0.25) is 0 Å². The van der Waals surface area contributed by atoms with Gasteiger partial charge in [-0.25, -0.2) is 0 Å². The Morgan fingerprint density at radius 2 is 1.79 bits per heavy atom. The molecule has 0 aromatic rings. The summed E-state index contributed by atoms with van der Waals surface area (Å²) in [4.78, 5) is 1.64. The van der Waals surface area contributed by atoms with Gasteiger partial charge < -0.3 is 10.2 Å². The maximum Gasteiger partial charge on any atom is 1.00 e. The van der Waals surface area contributed by atoms with Crippen LogP contribution in [0.1, 0.15) is 13.8 Å². The molecule has 0 N–H and O–H groups in total. The van der Waals surface area contributed by atoms with Gasteiger partial charge in [0.1, 0.15) is 0 Å². The van der Waals surface area contributed by atoms with Gasteiger partial charge in [0.05, 0.1) is 0 Å². The van der Waals surface area contributed by atoms with Crippen LogP contribution in [-0.2, 0) is 0 Å². The van der Waals surface area contributed by atoms with E-state index in [1.54, 1.807) is 11.9 Å². The van der Waals surface area contributed by atoms with Crippen molar-refractivity contribution >= 4 is 0 Å². The summed E-state index contributed by atoms with van der Waals surface area (Å²) in [5, 5.41) is 3.48. The summed E-state index contributed by atoms with van der Waals surface area (Å²) in [6.45, 7) is 4.93. The fraction of sp³-hybridized carbons (Fsp3) is 1.00. The van der Waals surface area contributed by atoms with E-state index in [1.165, 1.54) is 0 Å². The molecule has 1 rings (SSSR count). The molecular weight excluding hydrogens is 267 g/mol. The van der Waals surface area contributed by atoms with Gasteiger partial charge in [-0.15, -0.1) is 6.54 Å². The van der Waals surface area contributed by atoms with Gasteiger partial charge in [0.25, 0.3) is 0 Å². The van der Waals surface area contributed by atoms with Crippen LogP contribution in [0.25, 0.3) is 5.32 Å². The minimum atomic E-state index is -4.16. The van der Waals surface area contributed by atoms with Crippen molar-refractivity contribution < 1.29 is 71.4 Å². The third-order valence-electron chi connectivity index (χ3n) is 1.69. The molecule has 0 bridgehead atoms. The predicted octanol–water partition coefficient (Wildman–Crippen LogP) is -0.733. The van der Waals surface area contributed by atoms with E-state index in [2.05, 4.69) is 5.32 Å². The number of hydrogen-bond acceptors (Lipinski definition) is 1. The quantitative estimate of drug-likeness (QED) is 0.573. The number of nitrogens with zero attached hydrogens (tertiary/aromatic N) is 2. The summed E-state index contributed by atoms with van der Waals surface area (Å²) < 4.78 is 36.0. The minimum Gasteiger partial charge on any atom is -0.650 e. The molecule has 1 unspecified atom stereocenters. The summed E-state index contributed by atoms with van der Waals surface area (Å²) in [6.07, 6.45) is -4.16. The van der Waals surface area contributed by atoms with Crippen molar-refractivity contribution in [2.45, 2.75) is 26.1 Å². The van der Waals surface area contributed by atoms with Crippen molar-refractivity contribution in [3.8, 4) is 0 Å². The second-order valence-corrected chi connectivity index (χ2v) is 2.73. The van der Waals surface area contributed by atoms with Crippen molar-refractivity contribution in [1.82, 2.24) is 4.90 Å². The molecule has 1 fully saturated rings. The summed E-state index contributed by atoms with van der Waals surface area (Å²) in [5.74, 6) is 0. The van der Waals surface area contributed by atoms with Crippen LogP contribution >= 0.6 is 0 Å². The Morgan fingerprint density at radius 1 is 1.29 bits per heavy atom. The minimum absolute atomic E-state index is 0. The van der Waals surface area contributed by atoms with Crippen LogP contribution in [0.15, 0.2) is 0 Å². The standard InChI is InChI=1S/C6H10F3N2.C2H6.Rb/c1-11-3-2-10-5(4-11)6(7,8)9;1-2;/h5H,2-4H2,1H3;1-2H3;/q-1;;+1. The molecule has 0 aromatic carbocycles. The first-order valence-electron chi connectivity index (χ1n) is 4.42. The average molecular weight is 283 g/mol. The second-order valence-electron chi connectivity index (χ2n) is 2.73. The van der Waals surface area contributed by atoms with E-state index >= 15 is 0 Å². The van der Waals surface area contributed by atoms with Gasteiger partial charge in [-0.2, -0.15) is 13.2 Å². The number of halogens is 3. The Kier molecular flexibility index (Phi) is 11.0. The van der Waals surface area contributed by atoms with Crippen LogP contribution in [0.4, 0.5) is 13.2 Å². The average Bonchev–Trinajstić information content (AvgIpc) is 2.06. The molecule has 14 heavy (non-hydrogen) atoms. The molecule has 1 aliphatic heterocycles. The first-order valence-corrected chi connectivity index (χ1v) is 4.42. The van der Waals surface area contributed by atoms with Crippen molar-refractivity contribution in [2.75, 3.05) is 26.7 Å². The molecule has 80 valence electrons. The van der Waals surface area contributed by atoms with Crippen LogP contribution in [0, 0.1) is 0 Å². The Labute approximate surface area is 132 Å². The van der Waals surface area contributed by atoms with Gasteiger partial charge in [0.15, 0.2) is 0 Å². The largest absolute Gasteiger partial charge is 1.00 e. The number of rotatable bonds is 0. The zero-order valence-electron chi connectivity index (χ0n) is 9.23. The maximum atomic E-state index is 12.0. The molecule has 0 radical (unpaired) electrons. The molecular formula is C8H16F3N2Rb. The molecule has 1 heterocycles. The van der Waals surface area contributed by atoms with E-state index < -0.39 is 12.2 Å². The molecule has 1 saturated heterocycles. The summed E-state index contributed by atoms with van der Waals surface area (Å²) >= 11 is 0. The molecule has 2 nitrogen and oxygen atoms in total. The first kappa shape index (κ1) is 17.9. The fourth-order valence-corrected chi connectivity index (χ4v) is 1.04. The first-order chi connectivity index (χ1) is 6.00. The third kappa shape index (κ3) is 6.90. The SMILES string of the molecule is CC.CN1CC[N-]C(C(F)(F)F)C1.[Rb+]. The number of alkyl halides is 3. The van der Waals surface area contributed by atoms with E-state index in [1.807, 2.05) is 13.8 Å². The van der Waals surface area contributed by atoms with E-state index in [0.29, 0.717) is 13.1 Å². The van der Waals surface area contributed by atoms with Crippen LogP contribution in [0.5, 0.6) is 0 Å². The third-order valence-corrected chi connectivity index (χ3v) is 1.69. The fourth-order valence-electron chi connectivity index (χ4n) is 1.04. The van der Waals surface area contributed by atoms with Gasteiger partial charge in [-0.05, 0) is 26.2 Å². The van der Waals surface area contributed by atoms with E-state index in [4.69, 9.17) is 0 Å². The molecule has 0 spiro atoms. The van der Waals surface area contributed by atoms with Crippen molar-refractivity contribution in [2.24, 2.45) is 0 Å². The number of hydrogen-bond donors (Lipinski definition) is 0. The summed E-state index contributed by atoms with van der Waals surface area (Å²) in [5.41, 5.74) is 0. The number of likely N-dealkylation sites (N-methyl/N-ethyl adjacent to an activating group) is 1. The van der Waals surface area contributed by atoms with E-state index in [9.17, 15) is 13.2 Å². The monoisotopic (exact) mass is 282 g/mol. The predicted molar refractivity (Wildman–Crippen MR) is 46.9 cm³/mol. The second kappa shape index (κ2) is 8.64. The van der Waals surface area contributed by atoms with Crippen molar-refractivity contribution in [1.29, 1.82) is 0 Å². The molecule has 0 amide bonds. The Morgan fingerprint density at radius 3 is 2.07 bits per heavy atom.